The maximum absolute atomic E-state index is 13.3. The van der Waals surface area contributed by atoms with Crippen molar-refractivity contribution in [1.82, 2.24) is 0 Å². The normalized spacial score (nSPS) is 10.4. The van der Waals surface area contributed by atoms with Gasteiger partial charge in [-0.15, -0.1) is 11.6 Å². The standard InChI is InChI=1S/C15H13Cl2FO2/c1-19-12-6-5-10(8-16)14(7-12)20-9-11-3-2-4-13(18)15(11)17/h2-7H,8-9H2,1H3. The van der Waals surface area contributed by atoms with Crippen LogP contribution in [0.1, 0.15) is 11.1 Å². The molecule has 0 fully saturated rings. The fourth-order valence-electron chi connectivity index (χ4n) is 1.72. The van der Waals surface area contributed by atoms with Crippen molar-refractivity contribution in [3.8, 4) is 11.5 Å². The molecule has 0 spiro atoms. The van der Waals surface area contributed by atoms with Crippen LogP contribution in [0, 0.1) is 5.82 Å². The molecule has 0 aliphatic heterocycles. The van der Waals surface area contributed by atoms with Crippen LogP contribution in [-0.2, 0) is 12.5 Å². The van der Waals surface area contributed by atoms with Crippen molar-refractivity contribution in [2.75, 3.05) is 7.11 Å². The molecule has 0 N–H and O–H groups in total. The van der Waals surface area contributed by atoms with E-state index < -0.39 is 5.82 Å². The molecule has 0 aliphatic rings. The third kappa shape index (κ3) is 3.35. The summed E-state index contributed by atoms with van der Waals surface area (Å²) in [5.74, 6) is 1.12. The monoisotopic (exact) mass is 314 g/mol. The van der Waals surface area contributed by atoms with Crippen molar-refractivity contribution in [1.29, 1.82) is 0 Å². The smallest absolute Gasteiger partial charge is 0.142 e. The molecular formula is C15H13Cl2FO2. The second-order valence-electron chi connectivity index (χ2n) is 4.11. The average Bonchev–Trinajstić information content (AvgIpc) is 2.48. The van der Waals surface area contributed by atoms with Crippen molar-refractivity contribution in [3.63, 3.8) is 0 Å². The van der Waals surface area contributed by atoms with Crippen LogP contribution in [0.5, 0.6) is 11.5 Å². The zero-order chi connectivity index (χ0) is 14.5. The van der Waals surface area contributed by atoms with Crippen molar-refractivity contribution >= 4 is 23.2 Å². The van der Waals surface area contributed by atoms with Crippen LogP contribution >= 0.6 is 23.2 Å². The zero-order valence-electron chi connectivity index (χ0n) is 10.8. The van der Waals surface area contributed by atoms with E-state index in [1.54, 1.807) is 31.4 Å². The van der Waals surface area contributed by atoms with E-state index >= 15 is 0 Å². The van der Waals surface area contributed by atoms with E-state index in [0.29, 0.717) is 22.9 Å². The average molecular weight is 315 g/mol. The number of methoxy groups -OCH3 is 1. The Hall–Kier alpha value is -1.45. The first kappa shape index (κ1) is 14.9. The summed E-state index contributed by atoms with van der Waals surface area (Å²) in [6.07, 6.45) is 0. The second-order valence-corrected chi connectivity index (χ2v) is 4.75. The highest BCUT2D eigenvalue weighted by Gasteiger charge is 2.09. The summed E-state index contributed by atoms with van der Waals surface area (Å²) in [7, 11) is 1.57. The SMILES string of the molecule is COc1ccc(CCl)c(OCc2cccc(F)c2Cl)c1. The van der Waals surface area contributed by atoms with Gasteiger partial charge in [-0.1, -0.05) is 29.8 Å². The predicted molar refractivity (Wildman–Crippen MR) is 78.3 cm³/mol. The Morgan fingerprint density at radius 3 is 2.65 bits per heavy atom. The highest BCUT2D eigenvalue weighted by atomic mass is 35.5. The second kappa shape index (κ2) is 6.82. The summed E-state index contributed by atoms with van der Waals surface area (Å²) in [4.78, 5) is 0. The van der Waals surface area contributed by atoms with Crippen LogP contribution in [-0.4, -0.2) is 7.11 Å². The molecule has 5 heteroatoms. The number of benzene rings is 2. The number of rotatable bonds is 5. The Morgan fingerprint density at radius 1 is 1.15 bits per heavy atom. The molecule has 0 saturated carbocycles. The van der Waals surface area contributed by atoms with Gasteiger partial charge >= 0.3 is 0 Å². The molecule has 2 aromatic rings. The van der Waals surface area contributed by atoms with Crippen molar-refractivity contribution in [2.24, 2.45) is 0 Å². The molecule has 0 saturated heterocycles. The summed E-state index contributed by atoms with van der Waals surface area (Å²) in [6, 6.07) is 9.99. The summed E-state index contributed by atoms with van der Waals surface area (Å²) in [5, 5.41) is 0.0721. The van der Waals surface area contributed by atoms with Crippen molar-refractivity contribution in [3.05, 3.63) is 58.4 Å². The molecular weight excluding hydrogens is 302 g/mol. The first-order chi connectivity index (χ1) is 9.65. The van der Waals surface area contributed by atoms with Crippen LogP contribution in [0.15, 0.2) is 36.4 Å². The van der Waals surface area contributed by atoms with E-state index in [9.17, 15) is 4.39 Å². The van der Waals surface area contributed by atoms with E-state index in [2.05, 4.69) is 0 Å². The van der Waals surface area contributed by atoms with Gasteiger partial charge < -0.3 is 9.47 Å². The molecule has 2 nitrogen and oxygen atoms in total. The molecule has 0 bridgehead atoms. The van der Waals surface area contributed by atoms with Gasteiger partial charge in [0.1, 0.15) is 23.9 Å². The first-order valence-electron chi connectivity index (χ1n) is 5.94. The number of ether oxygens (including phenoxy) is 2. The summed E-state index contributed by atoms with van der Waals surface area (Å²) >= 11 is 11.7. The van der Waals surface area contributed by atoms with Gasteiger partial charge in [-0.25, -0.2) is 4.39 Å². The highest BCUT2D eigenvalue weighted by molar-refractivity contribution is 6.31. The predicted octanol–water partition coefficient (Wildman–Crippen LogP) is 4.81. The summed E-state index contributed by atoms with van der Waals surface area (Å²) in [6.45, 7) is 0.160. The molecule has 0 radical (unpaired) electrons. The fraction of sp³-hybridized carbons (Fsp3) is 0.200. The highest BCUT2D eigenvalue weighted by Crippen LogP contribution is 2.28. The van der Waals surface area contributed by atoms with Crippen molar-refractivity contribution < 1.29 is 13.9 Å². The molecule has 0 aliphatic carbocycles. The Kier molecular flexibility index (Phi) is 5.10. The van der Waals surface area contributed by atoms with Gasteiger partial charge in [-0.2, -0.15) is 0 Å². The molecule has 0 heterocycles. The number of halogens is 3. The Labute approximate surface area is 127 Å². The molecule has 2 aromatic carbocycles. The van der Waals surface area contributed by atoms with Crippen molar-refractivity contribution in [2.45, 2.75) is 12.5 Å². The largest absolute Gasteiger partial charge is 0.497 e. The number of alkyl halides is 1. The Morgan fingerprint density at radius 2 is 1.95 bits per heavy atom. The lowest BCUT2D eigenvalue weighted by Gasteiger charge is -2.12. The molecule has 0 unspecified atom stereocenters. The van der Waals surface area contributed by atoms with Crippen LogP contribution in [0.25, 0.3) is 0 Å². The first-order valence-corrected chi connectivity index (χ1v) is 6.85. The number of hydrogen-bond donors (Lipinski definition) is 0. The lowest BCUT2D eigenvalue weighted by molar-refractivity contribution is 0.300. The number of hydrogen-bond acceptors (Lipinski definition) is 2. The van der Waals surface area contributed by atoms with E-state index in [1.165, 1.54) is 6.07 Å². The van der Waals surface area contributed by atoms with Gasteiger partial charge in [-0.3, -0.25) is 0 Å². The maximum Gasteiger partial charge on any atom is 0.142 e. The van der Waals surface area contributed by atoms with E-state index in [4.69, 9.17) is 32.7 Å². The van der Waals surface area contributed by atoms with Gasteiger partial charge in [0.15, 0.2) is 0 Å². The van der Waals surface area contributed by atoms with Crippen LogP contribution in [0.4, 0.5) is 4.39 Å². The third-order valence-electron chi connectivity index (χ3n) is 2.83. The van der Waals surface area contributed by atoms with Gasteiger partial charge in [0, 0.05) is 17.2 Å². The maximum atomic E-state index is 13.3. The van der Waals surface area contributed by atoms with E-state index in [-0.39, 0.29) is 11.6 Å². The third-order valence-corrected chi connectivity index (χ3v) is 3.54. The van der Waals surface area contributed by atoms with Crippen LogP contribution < -0.4 is 9.47 Å². The molecule has 0 aromatic heterocycles. The van der Waals surface area contributed by atoms with Crippen LogP contribution in [0.2, 0.25) is 5.02 Å². The van der Waals surface area contributed by atoms with E-state index in [1.807, 2.05) is 6.07 Å². The topological polar surface area (TPSA) is 18.5 Å². The van der Waals surface area contributed by atoms with Gasteiger partial charge in [0.25, 0.3) is 0 Å². The summed E-state index contributed by atoms with van der Waals surface area (Å²) in [5.41, 5.74) is 1.41. The van der Waals surface area contributed by atoms with E-state index in [0.717, 1.165) is 5.56 Å². The van der Waals surface area contributed by atoms with Gasteiger partial charge in [0.05, 0.1) is 18.0 Å². The Bertz CT molecular complexity index is 602. The molecule has 106 valence electrons. The quantitative estimate of drug-likeness (QED) is 0.738. The zero-order valence-corrected chi connectivity index (χ0v) is 12.3. The van der Waals surface area contributed by atoms with Crippen LogP contribution in [0.3, 0.4) is 0 Å². The minimum absolute atomic E-state index is 0.0721. The molecule has 0 atom stereocenters. The molecule has 20 heavy (non-hydrogen) atoms. The fourth-order valence-corrected chi connectivity index (χ4v) is 2.12. The molecule has 2 rings (SSSR count). The Balaban J connectivity index is 2.19. The summed E-state index contributed by atoms with van der Waals surface area (Å²) < 4.78 is 24.2. The minimum Gasteiger partial charge on any atom is -0.497 e. The lowest BCUT2D eigenvalue weighted by atomic mass is 10.2. The van der Waals surface area contributed by atoms with Gasteiger partial charge in [0.2, 0.25) is 0 Å². The minimum atomic E-state index is -0.462. The van der Waals surface area contributed by atoms with Gasteiger partial charge in [-0.05, 0) is 12.1 Å². The lowest BCUT2D eigenvalue weighted by Crippen LogP contribution is -2.00. The molecule has 0 amide bonds.